The number of hydrogen-bond acceptors (Lipinski definition) is 3. The molecule has 2 heterocycles. The number of rotatable bonds is 2. The Bertz CT molecular complexity index is 762. The first kappa shape index (κ1) is 18.0. The lowest BCUT2D eigenvalue weighted by molar-refractivity contribution is -0.153. The Morgan fingerprint density at radius 3 is 2.24 bits per heavy atom. The number of furan rings is 1. The number of halogens is 4. The second kappa shape index (κ2) is 6.49. The van der Waals surface area contributed by atoms with Crippen LogP contribution < -0.4 is 0 Å². The van der Waals surface area contributed by atoms with E-state index in [-0.39, 0.29) is 18.8 Å². The summed E-state index contributed by atoms with van der Waals surface area (Å²) in [5.41, 5.74) is -0.308. The van der Waals surface area contributed by atoms with Gasteiger partial charge in [-0.25, -0.2) is 0 Å². The Hall–Kier alpha value is -1.80. The average Bonchev–Trinajstić information content (AvgIpc) is 3.06. The van der Waals surface area contributed by atoms with E-state index in [9.17, 15) is 23.1 Å². The summed E-state index contributed by atoms with van der Waals surface area (Å²) < 4.78 is 43.2. The maximum absolute atomic E-state index is 12.6. The van der Waals surface area contributed by atoms with Gasteiger partial charge in [0.1, 0.15) is 0 Å². The fraction of sp³-hybridized carbons (Fsp3) is 0.353. The monoisotopic (exact) mass is 417 g/mol. The lowest BCUT2D eigenvalue weighted by Gasteiger charge is -2.38. The van der Waals surface area contributed by atoms with Crippen molar-refractivity contribution in [2.75, 3.05) is 13.1 Å². The molecule has 134 valence electrons. The van der Waals surface area contributed by atoms with Gasteiger partial charge >= 0.3 is 6.18 Å². The molecule has 8 heteroatoms. The van der Waals surface area contributed by atoms with E-state index in [1.807, 2.05) is 24.3 Å². The summed E-state index contributed by atoms with van der Waals surface area (Å²) in [6.07, 6.45) is -4.03. The predicted molar refractivity (Wildman–Crippen MR) is 86.9 cm³/mol. The van der Waals surface area contributed by atoms with Crippen LogP contribution >= 0.6 is 15.9 Å². The first-order chi connectivity index (χ1) is 11.7. The number of piperidine rings is 1. The second-order valence-corrected chi connectivity index (χ2v) is 6.91. The van der Waals surface area contributed by atoms with Crippen LogP contribution in [0.2, 0.25) is 0 Å². The molecular weight excluding hydrogens is 403 g/mol. The van der Waals surface area contributed by atoms with Gasteiger partial charge in [-0.3, -0.25) is 4.79 Å². The quantitative estimate of drug-likeness (QED) is 0.796. The number of nitrogens with zero attached hydrogens (tertiary/aromatic N) is 1. The van der Waals surface area contributed by atoms with Crippen LogP contribution in [0.5, 0.6) is 0 Å². The summed E-state index contributed by atoms with van der Waals surface area (Å²) in [6.45, 7) is 0.459. The van der Waals surface area contributed by atoms with E-state index in [1.54, 1.807) is 0 Å². The van der Waals surface area contributed by atoms with Crippen LogP contribution in [-0.2, 0) is 11.8 Å². The van der Waals surface area contributed by atoms with Crippen LogP contribution in [0, 0.1) is 0 Å². The number of benzene rings is 1. The molecule has 0 saturated carbocycles. The largest absolute Gasteiger partial charge is 0.449 e. The molecule has 2 aromatic rings. The minimum absolute atomic E-state index is 0.230. The molecule has 0 spiro atoms. The van der Waals surface area contributed by atoms with Gasteiger partial charge in [0.25, 0.3) is 5.91 Å². The van der Waals surface area contributed by atoms with Gasteiger partial charge in [0.15, 0.2) is 5.76 Å². The van der Waals surface area contributed by atoms with Crippen LogP contribution in [0.4, 0.5) is 13.2 Å². The van der Waals surface area contributed by atoms with Crippen LogP contribution in [-0.4, -0.2) is 29.0 Å². The Labute approximate surface area is 150 Å². The highest BCUT2D eigenvalue weighted by Gasteiger charge is 2.38. The van der Waals surface area contributed by atoms with Gasteiger partial charge in [0.2, 0.25) is 5.76 Å². The highest BCUT2D eigenvalue weighted by atomic mass is 79.9. The fourth-order valence-electron chi connectivity index (χ4n) is 2.89. The van der Waals surface area contributed by atoms with Gasteiger partial charge in [0.05, 0.1) is 5.60 Å². The van der Waals surface area contributed by atoms with Crippen LogP contribution in [0.25, 0.3) is 0 Å². The SMILES string of the molecule is O=C(c1ccc(C(F)(F)F)o1)N1CCC(O)(c2ccc(Br)cc2)CC1. The van der Waals surface area contributed by atoms with Crippen molar-refractivity contribution in [2.45, 2.75) is 24.6 Å². The number of amides is 1. The smallest absolute Gasteiger partial charge is 0.446 e. The molecule has 1 aromatic carbocycles. The Morgan fingerprint density at radius 1 is 1.12 bits per heavy atom. The van der Waals surface area contributed by atoms with Crippen molar-refractivity contribution in [2.24, 2.45) is 0 Å². The molecular formula is C17H15BrF3NO3. The molecule has 1 N–H and O–H groups in total. The first-order valence-electron chi connectivity index (χ1n) is 7.64. The Balaban J connectivity index is 1.68. The molecule has 25 heavy (non-hydrogen) atoms. The van der Waals surface area contributed by atoms with Crippen LogP contribution in [0.3, 0.4) is 0 Å². The Kier molecular flexibility index (Phi) is 4.68. The zero-order valence-corrected chi connectivity index (χ0v) is 14.6. The van der Waals surface area contributed by atoms with Crippen molar-refractivity contribution >= 4 is 21.8 Å². The zero-order valence-electron chi connectivity index (χ0n) is 13.0. The summed E-state index contributed by atoms with van der Waals surface area (Å²) in [5, 5.41) is 10.8. The third kappa shape index (κ3) is 3.74. The second-order valence-electron chi connectivity index (χ2n) is 5.99. The first-order valence-corrected chi connectivity index (χ1v) is 8.43. The van der Waals surface area contributed by atoms with Crippen LogP contribution in [0.1, 0.15) is 34.7 Å². The van der Waals surface area contributed by atoms with E-state index in [4.69, 9.17) is 0 Å². The number of hydrogen-bond donors (Lipinski definition) is 1. The molecule has 1 amide bonds. The van der Waals surface area contributed by atoms with Gasteiger partial charge in [0, 0.05) is 17.6 Å². The van der Waals surface area contributed by atoms with Crippen molar-refractivity contribution in [1.29, 1.82) is 0 Å². The molecule has 1 fully saturated rings. The molecule has 1 saturated heterocycles. The molecule has 4 nitrogen and oxygen atoms in total. The summed E-state index contributed by atoms with van der Waals surface area (Å²) in [7, 11) is 0. The normalized spacial score (nSPS) is 17.6. The average molecular weight is 418 g/mol. The molecule has 0 aliphatic carbocycles. The van der Waals surface area contributed by atoms with Gasteiger partial charge < -0.3 is 14.4 Å². The van der Waals surface area contributed by atoms with E-state index in [2.05, 4.69) is 20.3 Å². The van der Waals surface area contributed by atoms with E-state index >= 15 is 0 Å². The number of alkyl halides is 3. The van der Waals surface area contributed by atoms with Gasteiger partial charge in [-0.15, -0.1) is 0 Å². The third-order valence-electron chi connectivity index (χ3n) is 4.36. The standard InChI is InChI=1S/C17H15BrF3NO3/c18-12-3-1-11(2-4-12)16(24)7-9-22(10-8-16)15(23)13-5-6-14(25-13)17(19,20)21/h1-6,24H,7-10H2. The molecule has 0 unspecified atom stereocenters. The summed E-state index contributed by atoms with van der Waals surface area (Å²) >= 11 is 3.33. The van der Waals surface area contributed by atoms with E-state index in [0.29, 0.717) is 12.8 Å². The maximum Gasteiger partial charge on any atom is 0.449 e. The van der Waals surface area contributed by atoms with E-state index in [1.165, 1.54) is 4.90 Å². The number of carbonyl (C=O) groups excluding carboxylic acids is 1. The molecule has 3 rings (SSSR count). The van der Waals surface area contributed by atoms with Gasteiger partial charge in [-0.1, -0.05) is 28.1 Å². The van der Waals surface area contributed by atoms with Crippen molar-refractivity contribution in [3.63, 3.8) is 0 Å². The number of aliphatic hydroxyl groups is 1. The van der Waals surface area contributed by atoms with Crippen molar-refractivity contribution < 1.29 is 27.5 Å². The lowest BCUT2D eigenvalue weighted by atomic mass is 9.84. The van der Waals surface area contributed by atoms with Crippen molar-refractivity contribution in [1.82, 2.24) is 4.90 Å². The van der Waals surface area contributed by atoms with E-state index in [0.717, 1.165) is 22.2 Å². The summed E-state index contributed by atoms with van der Waals surface area (Å²) in [6, 6.07) is 9.04. The lowest BCUT2D eigenvalue weighted by Crippen LogP contribution is -2.45. The highest BCUT2D eigenvalue weighted by Crippen LogP contribution is 2.35. The molecule has 1 aromatic heterocycles. The summed E-state index contributed by atoms with van der Waals surface area (Å²) in [5.74, 6) is -2.14. The molecule has 0 atom stereocenters. The highest BCUT2D eigenvalue weighted by molar-refractivity contribution is 9.10. The zero-order chi connectivity index (χ0) is 18.2. The summed E-state index contributed by atoms with van der Waals surface area (Å²) in [4.78, 5) is 13.7. The van der Waals surface area contributed by atoms with Crippen LogP contribution in [0.15, 0.2) is 45.3 Å². The van der Waals surface area contributed by atoms with Crippen molar-refractivity contribution in [3.05, 3.63) is 58.0 Å². The molecule has 1 aliphatic rings. The number of likely N-dealkylation sites (tertiary alicyclic amines) is 1. The molecule has 0 radical (unpaired) electrons. The van der Waals surface area contributed by atoms with Gasteiger partial charge in [-0.05, 0) is 42.7 Å². The maximum atomic E-state index is 12.6. The number of carbonyl (C=O) groups is 1. The molecule has 1 aliphatic heterocycles. The fourth-order valence-corrected chi connectivity index (χ4v) is 3.15. The Morgan fingerprint density at radius 2 is 1.72 bits per heavy atom. The predicted octanol–water partition coefficient (Wildman–Crippen LogP) is 4.18. The molecule has 0 bridgehead atoms. The van der Waals surface area contributed by atoms with Gasteiger partial charge in [-0.2, -0.15) is 13.2 Å². The topological polar surface area (TPSA) is 53.7 Å². The third-order valence-corrected chi connectivity index (χ3v) is 4.88. The minimum Gasteiger partial charge on any atom is -0.446 e. The van der Waals surface area contributed by atoms with E-state index < -0.39 is 23.4 Å². The van der Waals surface area contributed by atoms with Crippen molar-refractivity contribution in [3.8, 4) is 0 Å². The minimum atomic E-state index is -4.62.